The van der Waals surface area contributed by atoms with Crippen LogP contribution in [0, 0.1) is 5.92 Å². The minimum Gasteiger partial charge on any atom is -0.345 e. The molecule has 1 unspecified atom stereocenters. The number of rotatable bonds is 3. The maximum absolute atomic E-state index is 12.3. The van der Waals surface area contributed by atoms with Crippen LogP contribution in [0.25, 0.3) is 0 Å². The summed E-state index contributed by atoms with van der Waals surface area (Å²) in [5.74, 6) is -0.277. The summed E-state index contributed by atoms with van der Waals surface area (Å²) in [6.45, 7) is 6.42. The number of carbonyl (C=O) groups is 2. The van der Waals surface area contributed by atoms with Crippen LogP contribution < -0.4 is 5.32 Å². The highest BCUT2D eigenvalue weighted by Crippen LogP contribution is 2.16. The average molecular weight is 343 g/mol. The van der Waals surface area contributed by atoms with Crippen LogP contribution in [0.3, 0.4) is 0 Å². The van der Waals surface area contributed by atoms with Crippen LogP contribution in [0.4, 0.5) is 0 Å². The summed E-state index contributed by atoms with van der Waals surface area (Å²) in [6.07, 6.45) is 3.95. The monoisotopic (exact) mass is 343 g/mol. The maximum atomic E-state index is 12.3. The Hall–Kier alpha value is -1.88. The van der Waals surface area contributed by atoms with Crippen molar-refractivity contribution in [1.82, 2.24) is 15.1 Å². The van der Waals surface area contributed by atoms with Gasteiger partial charge in [0.15, 0.2) is 0 Å². The molecule has 136 valence electrons. The summed E-state index contributed by atoms with van der Waals surface area (Å²) in [6, 6.07) is 10.6. The second-order valence-corrected chi connectivity index (χ2v) is 7.51. The predicted octanol–water partition coefficient (Wildman–Crippen LogP) is 2.03. The minimum absolute atomic E-state index is 0.116. The summed E-state index contributed by atoms with van der Waals surface area (Å²) in [5.41, 5.74) is 1.32. The third-order valence-corrected chi connectivity index (χ3v) is 5.31. The maximum Gasteiger partial charge on any atom is 0.311 e. The number of benzene rings is 1. The molecule has 5 nitrogen and oxygen atoms in total. The molecule has 0 saturated carbocycles. The number of nitrogens with zero attached hydrogens (tertiary/aromatic N) is 2. The van der Waals surface area contributed by atoms with E-state index in [2.05, 4.69) is 41.4 Å². The fourth-order valence-electron chi connectivity index (χ4n) is 3.84. The van der Waals surface area contributed by atoms with Gasteiger partial charge in [0.05, 0.1) is 0 Å². The van der Waals surface area contributed by atoms with Gasteiger partial charge in [-0.05, 0) is 37.2 Å². The molecule has 0 aliphatic carbocycles. The van der Waals surface area contributed by atoms with Gasteiger partial charge in [-0.3, -0.25) is 14.5 Å². The quantitative estimate of drug-likeness (QED) is 0.855. The number of nitrogens with one attached hydrogen (secondary N) is 1. The van der Waals surface area contributed by atoms with Gasteiger partial charge in [-0.15, -0.1) is 0 Å². The summed E-state index contributed by atoms with van der Waals surface area (Å²) in [7, 11) is 0. The lowest BCUT2D eigenvalue weighted by molar-refractivity contribution is -0.147. The van der Waals surface area contributed by atoms with Gasteiger partial charge in [-0.1, -0.05) is 37.3 Å². The SMILES string of the molecule is CC1CCCN(C(=O)C(=O)NC2CCN(Cc3ccccc3)CC2)C1. The molecular formula is C20H29N3O2. The van der Waals surface area contributed by atoms with Crippen LogP contribution in [0.5, 0.6) is 0 Å². The molecule has 25 heavy (non-hydrogen) atoms. The standard InChI is InChI=1S/C20H29N3O2/c1-16-6-5-11-23(14-16)20(25)19(24)21-18-9-12-22(13-10-18)15-17-7-3-2-4-8-17/h2-4,7-8,16,18H,5-6,9-15H2,1H3,(H,21,24). The number of amides is 2. The van der Waals surface area contributed by atoms with E-state index in [1.54, 1.807) is 4.90 Å². The Kier molecular flexibility index (Phi) is 6.08. The van der Waals surface area contributed by atoms with E-state index in [0.29, 0.717) is 19.0 Å². The number of hydrogen-bond donors (Lipinski definition) is 1. The molecule has 1 atom stereocenters. The van der Waals surface area contributed by atoms with E-state index in [0.717, 1.165) is 45.3 Å². The Morgan fingerprint density at radius 3 is 2.48 bits per heavy atom. The molecule has 0 bridgehead atoms. The van der Waals surface area contributed by atoms with Crippen LogP contribution in [0.1, 0.15) is 38.2 Å². The van der Waals surface area contributed by atoms with Crippen molar-refractivity contribution in [3.8, 4) is 0 Å². The van der Waals surface area contributed by atoms with Crippen molar-refractivity contribution in [2.24, 2.45) is 5.92 Å². The molecule has 2 amide bonds. The Balaban J connectivity index is 1.42. The summed E-state index contributed by atoms with van der Waals surface area (Å²) in [4.78, 5) is 28.7. The van der Waals surface area contributed by atoms with Crippen molar-refractivity contribution in [3.05, 3.63) is 35.9 Å². The van der Waals surface area contributed by atoms with Gasteiger partial charge in [-0.2, -0.15) is 0 Å². The highest BCUT2D eigenvalue weighted by atomic mass is 16.2. The summed E-state index contributed by atoms with van der Waals surface area (Å²) < 4.78 is 0. The highest BCUT2D eigenvalue weighted by molar-refractivity contribution is 6.35. The van der Waals surface area contributed by atoms with E-state index in [4.69, 9.17) is 0 Å². The third kappa shape index (κ3) is 5.05. The van der Waals surface area contributed by atoms with Gasteiger partial charge < -0.3 is 10.2 Å². The Bertz CT molecular complexity index is 582. The molecule has 0 radical (unpaired) electrons. The van der Waals surface area contributed by atoms with E-state index in [9.17, 15) is 9.59 Å². The van der Waals surface area contributed by atoms with E-state index >= 15 is 0 Å². The van der Waals surface area contributed by atoms with Gasteiger partial charge in [0.1, 0.15) is 0 Å². The first kappa shape index (κ1) is 17.9. The zero-order chi connectivity index (χ0) is 17.6. The first-order valence-electron chi connectivity index (χ1n) is 9.48. The highest BCUT2D eigenvalue weighted by Gasteiger charge is 2.28. The first-order chi connectivity index (χ1) is 12.1. The van der Waals surface area contributed by atoms with Gasteiger partial charge in [0.25, 0.3) is 0 Å². The van der Waals surface area contributed by atoms with Crippen molar-refractivity contribution in [1.29, 1.82) is 0 Å². The summed E-state index contributed by atoms with van der Waals surface area (Å²) >= 11 is 0. The summed E-state index contributed by atoms with van der Waals surface area (Å²) in [5, 5.41) is 2.96. The zero-order valence-electron chi connectivity index (χ0n) is 15.1. The topological polar surface area (TPSA) is 52.7 Å². The molecule has 1 N–H and O–H groups in total. The smallest absolute Gasteiger partial charge is 0.311 e. The van der Waals surface area contributed by atoms with Crippen LogP contribution >= 0.6 is 0 Å². The number of hydrogen-bond acceptors (Lipinski definition) is 3. The number of carbonyl (C=O) groups excluding carboxylic acids is 2. The molecule has 1 aromatic carbocycles. The van der Waals surface area contributed by atoms with Gasteiger partial charge in [0.2, 0.25) is 0 Å². The van der Waals surface area contributed by atoms with Crippen molar-refractivity contribution in [2.75, 3.05) is 26.2 Å². The third-order valence-electron chi connectivity index (χ3n) is 5.31. The fraction of sp³-hybridized carbons (Fsp3) is 0.600. The van der Waals surface area contributed by atoms with E-state index < -0.39 is 5.91 Å². The zero-order valence-corrected chi connectivity index (χ0v) is 15.1. The van der Waals surface area contributed by atoms with Gasteiger partial charge in [0, 0.05) is 38.8 Å². The van der Waals surface area contributed by atoms with Gasteiger partial charge >= 0.3 is 11.8 Å². The van der Waals surface area contributed by atoms with Crippen molar-refractivity contribution >= 4 is 11.8 Å². The molecule has 3 rings (SSSR count). The number of piperidine rings is 2. The molecule has 2 heterocycles. The van der Waals surface area contributed by atoms with Crippen molar-refractivity contribution < 1.29 is 9.59 Å². The lowest BCUT2D eigenvalue weighted by atomic mass is 10.00. The molecule has 5 heteroatoms. The van der Waals surface area contributed by atoms with E-state index in [1.165, 1.54) is 5.56 Å². The largest absolute Gasteiger partial charge is 0.345 e. The lowest BCUT2D eigenvalue weighted by Crippen LogP contribution is -2.51. The van der Waals surface area contributed by atoms with E-state index in [1.807, 2.05) is 6.07 Å². The number of likely N-dealkylation sites (tertiary alicyclic amines) is 2. The molecule has 2 fully saturated rings. The molecule has 0 spiro atoms. The molecular weight excluding hydrogens is 314 g/mol. The minimum atomic E-state index is -0.421. The lowest BCUT2D eigenvalue weighted by Gasteiger charge is -2.33. The molecule has 0 aromatic heterocycles. The Morgan fingerprint density at radius 2 is 1.80 bits per heavy atom. The molecule has 2 aliphatic rings. The van der Waals surface area contributed by atoms with Crippen LogP contribution in [0.15, 0.2) is 30.3 Å². The Morgan fingerprint density at radius 1 is 1.08 bits per heavy atom. The van der Waals surface area contributed by atoms with E-state index in [-0.39, 0.29) is 11.9 Å². The average Bonchev–Trinajstić information content (AvgIpc) is 2.63. The van der Waals surface area contributed by atoms with Crippen molar-refractivity contribution in [2.45, 2.75) is 45.2 Å². The second kappa shape index (κ2) is 8.48. The first-order valence-corrected chi connectivity index (χ1v) is 9.48. The van der Waals surface area contributed by atoms with Crippen LogP contribution in [0.2, 0.25) is 0 Å². The second-order valence-electron chi connectivity index (χ2n) is 7.51. The van der Waals surface area contributed by atoms with Gasteiger partial charge in [-0.25, -0.2) is 0 Å². The normalized spacial score (nSPS) is 22.6. The predicted molar refractivity (Wildman–Crippen MR) is 97.9 cm³/mol. The molecule has 2 aliphatic heterocycles. The van der Waals surface area contributed by atoms with Crippen LogP contribution in [-0.4, -0.2) is 53.8 Å². The molecule has 2 saturated heterocycles. The molecule has 1 aromatic rings. The fourth-order valence-corrected chi connectivity index (χ4v) is 3.84. The van der Waals surface area contributed by atoms with Crippen LogP contribution in [-0.2, 0) is 16.1 Å². The Labute approximate surface area is 150 Å². The van der Waals surface area contributed by atoms with Crippen molar-refractivity contribution in [3.63, 3.8) is 0 Å².